The summed E-state index contributed by atoms with van der Waals surface area (Å²) in [7, 11) is 1.33. The Bertz CT molecular complexity index is 431. The summed E-state index contributed by atoms with van der Waals surface area (Å²) in [4.78, 5) is 23.9. The van der Waals surface area contributed by atoms with Crippen LogP contribution in [0.2, 0.25) is 0 Å². The summed E-state index contributed by atoms with van der Waals surface area (Å²) in [5.41, 5.74) is -0.748. The van der Waals surface area contributed by atoms with Gasteiger partial charge in [0.25, 0.3) is 0 Å². The normalized spacial score (nSPS) is 43.3. The van der Waals surface area contributed by atoms with E-state index in [1.165, 1.54) is 7.11 Å². The van der Waals surface area contributed by atoms with Crippen LogP contribution < -0.4 is 0 Å². The number of rotatable bonds is 2. The summed E-state index contributed by atoms with van der Waals surface area (Å²) >= 11 is 0. The number of ether oxygens (including phenoxy) is 4. The second-order valence-electron chi connectivity index (χ2n) is 5.82. The molecule has 19 heavy (non-hydrogen) atoms. The fourth-order valence-electron chi connectivity index (χ4n) is 3.53. The standard InChI is InChI=1S/C13H18O6/c1-12(2)18-6-7(19-12)8-9(10(14)16-3)13(8)4-5-17-11(13)15/h7-9H,4-6H2,1-3H3/t7-,8-,9+,13-/m1/s1. The van der Waals surface area contributed by atoms with Crippen molar-refractivity contribution in [1.82, 2.24) is 0 Å². The Morgan fingerprint density at radius 2 is 2.16 bits per heavy atom. The zero-order valence-corrected chi connectivity index (χ0v) is 11.3. The lowest BCUT2D eigenvalue weighted by atomic mass is 9.98. The predicted molar refractivity (Wildman–Crippen MR) is 61.9 cm³/mol. The molecule has 0 aromatic carbocycles. The molecule has 0 aromatic heterocycles. The number of methoxy groups -OCH3 is 1. The third kappa shape index (κ3) is 1.70. The van der Waals surface area contributed by atoms with Crippen molar-refractivity contribution in [2.75, 3.05) is 20.3 Å². The lowest BCUT2D eigenvalue weighted by Crippen LogP contribution is -2.25. The van der Waals surface area contributed by atoms with Crippen LogP contribution in [0.3, 0.4) is 0 Å². The number of hydrogen-bond acceptors (Lipinski definition) is 6. The second kappa shape index (κ2) is 3.93. The summed E-state index contributed by atoms with van der Waals surface area (Å²) in [6.07, 6.45) is 0.293. The van der Waals surface area contributed by atoms with Gasteiger partial charge in [-0.15, -0.1) is 0 Å². The maximum Gasteiger partial charge on any atom is 0.313 e. The molecule has 0 bridgehead atoms. The molecule has 1 saturated carbocycles. The zero-order chi connectivity index (χ0) is 13.8. The molecule has 0 amide bonds. The lowest BCUT2D eigenvalue weighted by Gasteiger charge is -2.17. The minimum atomic E-state index is -0.748. The van der Waals surface area contributed by atoms with Crippen molar-refractivity contribution in [1.29, 1.82) is 0 Å². The van der Waals surface area contributed by atoms with Crippen molar-refractivity contribution in [3.63, 3.8) is 0 Å². The van der Waals surface area contributed by atoms with Crippen molar-refractivity contribution in [3.05, 3.63) is 0 Å². The molecule has 6 heteroatoms. The van der Waals surface area contributed by atoms with E-state index in [2.05, 4.69) is 0 Å². The fraction of sp³-hybridized carbons (Fsp3) is 0.846. The van der Waals surface area contributed by atoms with Crippen molar-refractivity contribution in [3.8, 4) is 0 Å². The number of cyclic esters (lactones) is 1. The highest BCUT2D eigenvalue weighted by Gasteiger charge is 2.78. The van der Waals surface area contributed by atoms with Crippen molar-refractivity contribution in [2.45, 2.75) is 32.2 Å². The van der Waals surface area contributed by atoms with Gasteiger partial charge < -0.3 is 18.9 Å². The second-order valence-corrected chi connectivity index (χ2v) is 5.82. The van der Waals surface area contributed by atoms with Crippen LogP contribution >= 0.6 is 0 Å². The highest BCUT2D eigenvalue weighted by Crippen LogP contribution is 2.67. The smallest absolute Gasteiger partial charge is 0.313 e. The summed E-state index contributed by atoms with van der Waals surface area (Å²) in [5.74, 6) is -2.00. The molecule has 4 atom stereocenters. The summed E-state index contributed by atoms with van der Waals surface area (Å²) in [6.45, 7) is 4.39. The Kier molecular flexibility index (Phi) is 2.66. The van der Waals surface area contributed by atoms with Gasteiger partial charge in [-0.05, 0) is 20.3 Å². The van der Waals surface area contributed by atoms with Gasteiger partial charge in [-0.2, -0.15) is 0 Å². The van der Waals surface area contributed by atoms with E-state index >= 15 is 0 Å². The van der Waals surface area contributed by atoms with Crippen LogP contribution in [0.1, 0.15) is 20.3 Å². The monoisotopic (exact) mass is 270 g/mol. The van der Waals surface area contributed by atoms with Gasteiger partial charge in [-0.3, -0.25) is 9.59 Å². The molecule has 3 rings (SSSR count). The van der Waals surface area contributed by atoms with Gasteiger partial charge in [-0.1, -0.05) is 0 Å². The maximum absolute atomic E-state index is 12.0. The average Bonchev–Trinajstić information content (AvgIpc) is 2.67. The van der Waals surface area contributed by atoms with Crippen molar-refractivity contribution in [2.24, 2.45) is 17.3 Å². The third-order valence-electron chi connectivity index (χ3n) is 4.41. The topological polar surface area (TPSA) is 71.1 Å². The van der Waals surface area contributed by atoms with Gasteiger partial charge >= 0.3 is 11.9 Å². The van der Waals surface area contributed by atoms with Crippen LogP contribution in [0.25, 0.3) is 0 Å². The molecule has 3 fully saturated rings. The Hall–Kier alpha value is -1.14. The van der Waals surface area contributed by atoms with E-state index in [1.54, 1.807) is 0 Å². The number of hydrogen-bond donors (Lipinski definition) is 0. The number of esters is 2. The van der Waals surface area contributed by atoms with Crippen LogP contribution in [-0.4, -0.2) is 44.2 Å². The lowest BCUT2D eigenvalue weighted by molar-refractivity contribution is -0.149. The molecule has 2 heterocycles. The van der Waals surface area contributed by atoms with Gasteiger partial charge in [0.15, 0.2) is 5.79 Å². The SMILES string of the molecule is COC(=O)[C@@H]1[C@@H]([C@H]2COC(C)(C)O2)[C@]12CCOC2=O. The van der Waals surface area contributed by atoms with Crippen LogP contribution in [0.5, 0.6) is 0 Å². The first-order valence-electron chi connectivity index (χ1n) is 6.49. The Morgan fingerprint density at radius 1 is 1.42 bits per heavy atom. The first-order chi connectivity index (χ1) is 8.92. The first kappa shape index (κ1) is 12.9. The Morgan fingerprint density at radius 3 is 2.63 bits per heavy atom. The van der Waals surface area contributed by atoms with Gasteiger partial charge in [0, 0.05) is 5.92 Å². The molecule has 0 aromatic rings. The molecule has 1 aliphatic carbocycles. The van der Waals surface area contributed by atoms with Crippen LogP contribution in [-0.2, 0) is 28.5 Å². The van der Waals surface area contributed by atoms with Gasteiger partial charge in [0.1, 0.15) is 0 Å². The molecular formula is C13H18O6. The average molecular weight is 270 g/mol. The van der Waals surface area contributed by atoms with Crippen molar-refractivity contribution < 1.29 is 28.5 Å². The van der Waals surface area contributed by atoms with Gasteiger partial charge in [0.05, 0.1) is 37.8 Å². The molecule has 6 nitrogen and oxygen atoms in total. The minimum absolute atomic E-state index is 0.197. The molecule has 0 radical (unpaired) electrons. The van der Waals surface area contributed by atoms with Crippen molar-refractivity contribution >= 4 is 11.9 Å². The third-order valence-corrected chi connectivity index (χ3v) is 4.41. The van der Waals surface area contributed by atoms with E-state index in [-0.39, 0.29) is 24.0 Å². The molecule has 0 unspecified atom stereocenters. The highest BCUT2D eigenvalue weighted by molar-refractivity contribution is 5.93. The summed E-state index contributed by atoms with van der Waals surface area (Å²) < 4.78 is 21.2. The van der Waals surface area contributed by atoms with Crippen LogP contribution in [0, 0.1) is 17.3 Å². The highest BCUT2D eigenvalue weighted by atomic mass is 16.7. The minimum Gasteiger partial charge on any atom is -0.469 e. The van der Waals surface area contributed by atoms with Gasteiger partial charge in [0.2, 0.25) is 0 Å². The van der Waals surface area contributed by atoms with E-state index in [9.17, 15) is 9.59 Å². The Labute approximate surface area is 111 Å². The molecule has 2 aliphatic heterocycles. The molecule has 3 aliphatic rings. The maximum atomic E-state index is 12.0. The summed E-state index contributed by atoms with van der Waals surface area (Å²) in [6, 6.07) is 0. The van der Waals surface area contributed by atoms with E-state index < -0.39 is 17.1 Å². The number of carbonyl (C=O) groups is 2. The molecule has 0 N–H and O–H groups in total. The largest absolute Gasteiger partial charge is 0.469 e. The summed E-state index contributed by atoms with van der Waals surface area (Å²) in [5, 5.41) is 0. The van der Waals surface area contributed by atoms with Crippen LogP contribution in [0.15, 0.2) is 0 Å². The number of carbonyl (C=O) groups excluding carboxylic acids is 2. The van der Waals surface area contributed by atoms with E-state index in [0.29, 0.717) is 19.6 Å². The predicted octanol–water partition coefficient (Wildman–Crippen LogP) is 0.490. The van der Waals surface area contributed by atoms with Crippen LogP contribution in [0.4, 0.5) is 0 Å². The van der Waals surface area contributed by atoms with E-state index in [0.717, 1.165) is 0 Å². The first-order valence-corrected chi connectivity index (χ1v) is 6.49. The molecular weight excluding hydrogens is 252 g/mol. The molecule has 106 valence electrons. The fourth-order valence-corrected chi connectivity index (χ4v) is 3.53. The van der Waals surface area contributed by atoms with Gasteiger partial charge in [-0.25, -0.2) is 0 Å². The zero-order valence-electron chi connectivity index (χ0n) is 11.3. The Balaban J connectivity index is 1.84. The van der Waals surface area contributed by atoms with E-state index in [1.807, 2.05) is 13.8 Å². The molecule has 1 spiro atoms. The molecule has 2 saturated heterocycles. The van der Waals surface area contributed by atoms with E-state index in [4.69, 9.17) is 18.9 Å². The quantitative estimate of drug-likeness (QED) is 0.680.